The third kappa shape index (κ3) is 3.09. The summed E-state index contributed by atoms with van der Waals surface area (Å²) in [5.74, 6) is 0.577. The molecule has 98 valence electrons. The molecule has 0 aliphatic rings. The number of hydrogen-bond acceptors (Lipinski definition) is 4. The molecule has 0 aliphatic heterocycles. The van der Waals surface area contributed by atoms with E-state index in [4.69, 9.17) is 11.6 Å². The van der Waals surface area contributed by atoms with Gasteiger partial charge in [0, 0.05) is 24.5 Å². The number of carbonyl (C=O) groups is 1. The van der Waals surface area contributed by atoms with Crippen molar-refractivity contribution in [2.24, 2.45) is 0 Å². The van der Waals surface area contributed by atoms with E-state index in [0.717, 1.165) is 11.8 Å². The van der Waals surface area contributed by atoms with Gasteiger partial charge in [0.15, 0.2) is 6.29 Å². The third-order valence-corrected chi connectivity index (χ3v) is 3.30. The fourth-order valence-corrected chi connectivity index (χ4v) is 1.84. The zero-order valence-corrected chi connectivity index (χ0v) is 11.5. The SMILES string of the molecule is CC(c1ccc(Cl)cc1)N(C)c1ncc(C=O)cn1. The number of aldehydes is 1. The Hall–Kier alpha value is -1.94. The summed E-state index contributed by atoms with van der Waals surface area (Å²) in [6.45, 7) is 2.06. The van der Waals surface area contributed by atoms with Crippen molar-refractivity contribution in [3.8, 4) is 0 Å². The van der Waals surface area contributed by atoms with Crippen molar-refractivity contribution in [1.82, 2.24) is 9.97 Å². The van der Waals surface area contributed by atoms with E-state index < -0.39 is 0 Å². The first-order chi connectivity index (χ1) is 9.11. The highest BCUT2D eigenvalue weighted by atomic mass is 35.5. The molecule has 5 heteroatoms. The van der Waals surface area contributed by atoms with Gasteiger partial charge in [-0.2, -0.15) is 0 Å². The van der Waals surface area contributed by atoms with Crippen molar-refractivity contribution in [1.29, 1.82) is 0 Å². The van der Waals surface area contributed by atoms with Crippen LogP contribution in [0.1, 0.15) is 28.9 Å². The minimum Gasteiger partial charge on any atom is -0.337 e. The number of hydrogen-bond donors (Lipinski definition) is 0. The Kier molecular flexibility index (Phi) is 4.12. The van der Waals surface area contributed by atoms with Crippen LogP contribution in [-0.4, -0.2) is 23.3 Å². The standard InChI is InChI=1S/C14H14ClN3O/c1-10(12-3-5-13(15)6-4-12)18(2)14-16-7-11(9-19)8-17-14/h3-10H,1-2H3. The van der Waals surface area contributed by atoms with Crippen LogP contribution in [0.5, 0.6) is 0 Å². The van der Waals surface area contributed by atoms with Crippen LogP contribution in [0.25, 0.3) is 0 Å². The number of nitrogens with zero attached hydrogens (tertiary/aromatic N) is 3. The maximum atomic E-state index is 10.6. The summed E-state index contributed by atoms with van der Waals surface area (Å²) < 4.78 is 0. The number of rotatable bonds is 4. The topological polar surface area (TPSA) is 46.1 Å². The molecule has 1 aromatic carbocycles. The van der Waals surface area contributed by atoms with E-state index in [1.54, 1.807) is 0 Å². The smallest absolute Gasteiger partial charge is 0.225 e. The van der Waals surface area contributed by atoms with Crippen LogP contribution < -0.4 is 4.90 Å². The minimum atomic E-state index is 0.111. The van der Waals surface area contributed by atoms with Gasteiger partial charge in [0.05, 0.1) is 11.6 Å². The van der Waals surface area contributed by atoms with Crippen molar-refractivity contribution in [3.05, 3.63) is 52.8 Å². The van der Waals surface area contributed by atoms with Crippen LogP contribution in [0.2, 0.25) is 5.02 Å². The van der Waals surface area contributed by atoms with Crippen molar-refractivity contribution >= 4 is 23.8 Å². The Morgan fingerprint density at radius 2 is 1.79 bits per heavy atom. The Bertz CT molecular complexity index is 554. The van der Waals surface area contributed by atoms with Gasteiger partial charge in [0.2, 0.25) is 5.95 Å². The van der Waals surface area contributed by atoms with E-state index in [1.807, 2.05) is 36.2 Å². The number of carbonyl (C=O) groups excluding carboxylic acids is 1. The van der Waals surface area contributed by atoms with Gasteiger partial charge in [-0.3, -0.25) is 4.79 Å². The maximum absolute atomic E-state index is 10.6. The quantitative estimate of drug-likeness (QED) is 0.804. The lowest BCUT2D eigenvalue weighted by atomic mass is 10.1. The van der Waals surface area contributed by atoms with Crippen LogP contribution in [0.15, 0.2) is 36.7 Å². The molecule has 4 nitrogen and oxygen atoms in total. The van der Waals surface area contributed by atoms with Crippen LogP contribution in [0.3, 0.4) is 0 Å². The minimum absolute atomic E-state index is 0.111. The van der Waals surface area contributed by atoms with Crippen molar-refractivity contribution in [3.63, 3.8) is 0 Å². The Balaban J connectivity index is 2.19. The van der Waals surface area contributed by atoms with Crippen molar-refractivity contribution in [2.75, 3.05) is 11.9 Å². The van der Waals surface area contributed by atoms with E-state index in [9.17, 15) is 4.79 Å². The highest BCUT2D eigenvalue weighted by Crippen LogP contribution is 2.23. The highest BCUT2D eigenvalue weighted by Gasteiger charge is 2.14. The predicted molar refractivity (Wildman–Crippen MR) is 75.7 cm³/mol. The Morgan fingerprint density at radius 3 is 2.32 bits per heavy atom. The summed E-state index contributed by atoms with van der Waals surface area (Å²) in [5.41, 5.74) is 1.59. The summed E-state index contributed by atoms with van der Waals surface area (Å²) >= 11 is 5.87. The van der Waals surface area contributed by atoms with Gasteiger partial charge in [-0.15, -0.1) is 0 Å². The summed E-state index contributed by atoms with van der Waals surface area (Å²) in [6, 6.07) is 7.78. The van der Waals surface area contributed by atoms with E-state index in [2.05, 4.69) is 16.9 Å². The number of halogens is 1. The van der Waals surface area contributed by atoms with Gasteiger partial charge in [0.1, 0.15) is 0 Å². The summed E-state index contributed by atoms with van der Waals surface area (Å²) in [4.78, 5) is 20.9. The summed E-state index contributed by atoms with van der Waals surface area (Å²) in [6.07, 6.45) is 3.76. The lowest BCUT2D eigenvalue weighted by Gasteiger charge is -2.25. The van der Waals surface area contributed by atoms with Gasteiger partial charge in [0.25, 0.3) is 0 Å². The lowest BCUT2D eigenvalue weighted by Crippen LogP contribution is -2.23. The molecule has 1 atom stereocenters. The van der Waals surface area contributed by atoms with Gasteiger partial charge in [-0.1, -0.05) is 23.7 Å². The molecule has 0 aliphatic carbocycles. The molecule has 2 aromatic rings. The lowest BCUT2D eigenvalue weighted by molar-refractivity contribution is 0.112. The average Bonchev–Trinajstić information content (AvgIpc) is 2.46. The number of aromatic nitrogens is 2. The van der Waals surface area contributed by atoms with Crippen LogP contribution in [0, 0.1) is 0 Å². The van der Waals surface area contributed by atoms with E-state index in [0.29, 0.717) is 16.5 Å². The summed E-state index contributed by atoms with van der Waals surface area (Å²) in [5, 5.41) is 0.713. The predicted octanol–water partition coefficient (Wildman–Crippen LogP) is 3.14. The Labute approximate surface area is 117 Å². The van der Waals surface area contributed by atoms with Crippen molar-refractivity contribution in [2.45, 2.75) is 13.0 Å². The number of anilines is 1. The molecular formula is C14H14ClN3O. The molecule has 1 unspecified atom stereocenters. The van der Waals surface area contributed by atoms with Crippen LogP contribution in [0.4, 0.5) is 5.95 Å². The van der Waals surface area contributed by atoms with E-state index in [1.165, 1.54) is 12.4 Å². The molecule has 0 saturated carbocycles. The molecule has 0 N–H and O–H groups in total. The fourth-order valence-electron chi connectivity index (χ4n) is 1.71. The second-order valence-electron chi connectivity index (χ2n) is 4.27. The van der Waals surface area contributed by atoms with Gasteiger partial charge < -0.3 is 4.90 Å². The first-order valence-corrected chi connectivity index (χ1v) is 6.25. The fraction of sp³-hybridized carbons (Fsp3) is 0.214. The molecule has 19 heavy (non-hydrogen) atoms. The molecule has 1 aromatic heterocycles. The zero-order valence-electron chi connectivity index (χ0n) is 10.7. The molecule has 0 saturated heterocycles. The average molecular weight is 276 g/mol. The monoisotopic (exact) mass is 275 g/mol. The molecule has 0 fully saturated rings. The highest BCUT2D eigenvalue weighted by molar-refractivity contribution is 6.30. The number of benzene rings is 1. The molecule has 0 bridgehead atoms. The first-order valence-electron chi connectivity index (χ1n) is 5.87. The molecular weight excluding hydrogens is 262 g/mol. The summed E-state index contributed by atoms with van der Waals surface area (Å²) in [7, 11) is 1.91. The normalized spacial score (nSPS) is 11.9. The van der Waals surface area contributed by atoms with E-state index >= 15 is 0 Å². The van der Waals surface area contributed by atoms with Crippen LogP contribution >= 0.6 is 11.6 Å². The largest absolute Gasteiger partial charge is 0.337 e. The van der Waals surface area contributed by atoms with Gasteiger partial charge >= 0.3 is 0 Å². The molecule has 0 spiro atoms. The molecule has 1 heterocycles. The first kappa shape index (κ1) is 13.5. The second-order valence-corrected chi connectivity index (χ2v) is 4.71. The van der Waals surface area contributed by atoms with Crippen LogP contribution in [-0.2, 0) is 0 Å². The zero-order chi connectivity index (χ0) is 13.8. The molecule has 0 amide bonds. The second kappa shape index (κ2) is 5.80. The van der Waals surface area contributed by atoms with Crippen molar-refractivity contribution < 1.29 is 4.79 Å². The van der Waals surface area contributed by atoms with E-state index in [-0.39, 0.29) is 6.04 Å². The molecule has 2 rings (SSSR count). The molecule has 0 radical (unpaired) electrons. The van der Waals surface area contributed by atoms with Gasteiger partial charge in [-0.05, 0) is 24.6 Å². The third-order valence-electron chi connectivity index (χ3n) is 3.04. The maximum Gasteiger partial charge on any atom is 0.225 e. The Morgan fingerprint density at radius 1 is 1.21 bits per heavy atom. The van der Waals surface area contributed by atoms with Gasteiger partial charge in [-0.25, -0.2) is 9.97 Å².